The lowest BCUT2D eigenvalue weighted by Gasteiger charge is -2.40. The lowest BCUT2D eigenvalue weighted by Crippen LogP contribution is -2.72. The summed E-state index contributed by atoms with van der Waals surface area (Å²) in [6.07, 6.45) is 8.70. The molecule has 1 aliphatic carbocycles. The highest BCUT2D eigenvalue weighted by molar-refractivity contribution is 8.07. The fourth-order valence-electron chi connectivity index (χ4n) is 7.05. The van der Waals surface area contributed by atoms with Crippen molar-refractivity contribution in [2.45, 2.75) is 90.6 Å². The molecule has 218 valence electrons. The van der Waals surface area contributed by atoms with Gasteiger partial charge in [0, 0.05) is 54.7 Å². The number of carbonyl (C=O) groups excluding carboxylic acids is 2. The van der Waals surface area contributed by atoms with E-state index in [4.69, 9.17) is 10.5 Å². The van der Waals surface area contributed by atoms with E-state index in [1.165, 1.54) is 25.7 Å². The molecule has 13 heteroatoms. The summed E-state index contributed by atoms with van der Waals surface area (Å²) >= 11 is 5.55. The third-order valence-corrected chi connectivity index (χ3v) is 13.6. The van der Waals surface area contributed by atoms with E-state index in [9.17, 15) is 9.59 Å². The number of nitrogens with one attached hydrogen (secondary N) is 4. The van der Waals surface area contributed by atoms with E-state index in [0.717, 1.165) is 56.5 Å². The van der Waals surface area contributed by atoms with Crippen LogP contribution in [0.4, 0.5) is 0 Å². The lowest BCUT2D eigenvalue weighted by molar-refractivity contribution is -0.431. The van der Waals surface area contributed by atoms with Crippen molar-refractivity contribution in [3.8, 4) is 0 Å². The molecule has 4 saturated heterocycles. The number of quaternary nitrogens is 1. The predicted molar refractivity (Wildman–Crippen MR) is 158 cm³/mol. The van der Waals surface area contributed by atoms with Gasteiger partial charge in [-0.1, -0.05) is 18.4 Å². The average Bonchev–Trinajstić information content (AvgIpc) is 3.58. The Morgan fingerprint density at radius 3 is 2.77 bits per heavy atom. The first kappa shape index (κ1) is 28.6. The van der Waals surface area contributed by atoms with Crippen LogP contribution in [0, 0.1) is 5.92 Å². The van der Waals surface area contributed by atoms with Crippen molar-refractivity contribution in [1.29, 1.82) is 0 Å². The SMILES string of the molecule is NC(=O)C1NCC(N[C@H]2CCCC[C@H]2[NH3+])CC1NC1CC(C2CSC3C(=O)C=C(N4CCOCC4)SC32)SN1. The Labute approximate surface area is 244 Å². The molecule has 9 N–H and O–H groups in total. The van der Waals surface area contributed by atoms with Crippen LogP contribution in [0.3, 0.4) is 0 Å². The maximum Gasteiger partial charge on any atom is 0.236 e. The first-order chi connectivity index (χ1) is 19.0. The van der Waals surface area contributed by atoms with Crippen molar-refractivity contribution in [3.05, 3.63) is 11.1 Å². The third kappa shape index (κ3) is 6.46. The van der Waals surface area contributed by atoms with Crippen LogP contribution in [0.1, 0.15) is 38.5 Å². The molecule has 1 saturated carbocycles. The Hall–Kier alpha value is -0.510. The quantitative estimate of drug-likeness (QED) is 0.205. The summed E-state index contributed by atoms with van der Waals surface area (Å²) in [5.74, 6) is 1.44. The molecule has 6 aliphatic rings. The maximum absolute atomic E-state index is 13.0. The smallest absolute Gasteiger partial charge is 0.236 e. The number of thioether (sulfide) groups is 2. The van der Waals surface area contributed by atoms with Gasteiger partial charge in [-0.25, -0.2) is 4.72 Å². The minimum absolute atomic E-state index is 0.0374. The van der Waals surface area contributed by atoms with E-state index >= 15 is 0 Å². The van der Waals surface area contributed by atoms with Gasteiger partial charge in [-0.2, -0.15) is 0 Å². The fraction of sp³-hybridized carbons (Fsp3) is 0.846. The maximum atomic E-state index is 13.0. The molecule has 0 aromatic carbocycles. The van der Waals surface area contributed by atoms with Gasteiger partial charge in [0.15, 0.2) is 5.78 Å². The van der Waals surface area contributed by atoms with E-state index < -0.39 is 0 Å². The molecule has 5 heterocycles. The van der Waals surface area contributed by atoms with Crippen LogP contribution in [0.5, 0.6) is 0 Å². The molecular formula is C26H44N7O3S3+. The Kier molecular flexibility index (Phi) is 9.38. The van der Waals surface area contributed by atoms with Crippen LogP contribution in [0.2, 0.25) is 0 Å². The summed E-state index contributed by atoms with van der Waals surface area (Å²) in [6.45, 7) is 3.91. The lowest BCUT2D eigenvalue weighted by atomic mass is 9.88. The van der Waals surface area contributed by atoms with E-state index in [0.29, 0.717) is 28.5 Å². The molecule has 1 amide bonds. The average molecular weight is 599 g/mol. The van der Waals surface area contributed by atoms with Gasteiger partial charge >= 0.3 is 0 Å². The summed E-state index contributed by atoms with van der Waals surface area (Å²) in [5.41, 5.74) is 10.2. The second-order valence-corrected chi connectivity index (χ2v) is 15.3. The summed E-state index contributed by atoms with van der Waals surface area (Å²) < 4.78 is 9.15. The molecule has 10 atom stereocenters. The van der Waals surface area contributed by atoms with Crippen LogP contribution >= 0.6 is 35.5 Å². The van der Waals surface area contributed by atoms with Gasteiger partial charge in [-0.3, -0.25) is 14.9 Å². The molecule has 0 aromatic heterocycles. The Balaban J connectivity index is 1.06. The topological polar surface area (TPSA) is 148 Å². The zero-order chi connectivity index (χ0) is 26.9. The summed E-state index contributed by atoms with van der Waals surface area (Å²) in [4.78, 5) is 27.7. The van der Waals surface area contributed by atoms with Gasteiger partial charge in [0.25, 0.3) is 0 Å². The van der Waals surface area contributed by atoms with Crippen LogP contribution < -0.4 is 32.1 Å². The summed E-state index contributed by atoms with van der Waals surface area (Å²) in [7, 11) is 0. The van der Waals surface area contributed by atoms with Gasteiger partial charge < -0.3 is 31.7 Å². The van der Waals surface area contributed by atoms with Gasteiger partial charge in [0.1, 0.15) is 6.04 Å². The van der Waals surface area contributed by atoms with Crippen molar-refractivity contribution in [1.82, 2.24) is 25.6 Å². The molecule has 5 fully saturated rings. The standard InChI is InChI=1S/C26H43N7O3S3/c27-16-3-1-2-4-17(16)30-14-9-18(23(26(28)35)29-12-14)31-21-11-20(39-32-21)15-13-37-25-19(34)10-22(38-24(15)25)33-5-7-36-8-6-33/h10,14-18,20-21,23-25,29-32H,1-9,11-13,27H2,(H2,28,35)/p+1/t14?,15?,16-,17+,18?,20?,21?,23?,24?,25?/m1/s1. The second kappa shape index (κ2) is 12.8. The van der Waals surface area contributed by atoms with Gasteiger partial charge in [0.2, 0.25) is 5.91 Å². The number of morpholine rings is 1. The number of nitrogens with zero attached hydrogens (tertiary/aromatic N) is 1. The number of ether oxygens (including phenoxy) is 1. The molecule has 8 unspecified atom stereocenters. The molecule has 0 bridgehead atoms. The molecule has 0 aromatic rings. The van der Waals surface area contributed by atoms with Crippen LogP contribution in [0.15, 0.2) is 11.1 Å². The van der Waals surface area contributed by atoms with Crippen molar-refractivity contribution in [3.63, 3.8) is 0 Å². The fourth-order valence-corrected chi connectivity index (χ4v) is 12.0. The number of hydrogen-bond acceptors (Lipinski definition) is 11. The van der Waals surface area contributed by atoms with Crippen molar-refractivity contribution in [2.75, 3.05) is 38.6 Å². The van der Waals surface area contributed by atoms with Gasteiger partial charge in [0.05, 0.1) is 41.7 Å². The largest absolute Gasteiger partial charge is 0.378 e. The first-order valence-electron chi connectivity index (χ1n) is 14.6. The number of piperidine rings is 1. The number of allylic oxidation sites excluding steroid dienone is 1. The number of rotatable bonds is 7. The zero-order valence-electron chi connectivity index (χ0n) is 22.5. The summed E-state index contributed by atoms with van der Waals surface area (Å²) in [5, 5.41) is 12.9. The number of ketones is 1. The first-order valence-corrected chi connectivity index (χ1v) is 17.4. The van der Waals surface area contributed by atoms with Gasteiger partial charge in [-0.05, 0) is 37.4 Å². The molecular weight excluding hydrogens is 555 g/mol. The Morgan fingerprint density at radius 2 is 1.97 bits per heavy atom. The van der Waals surface area contributed by atoms with Crippen molar-refractivity contribution >= 4 is 47.2 Å². The highest BCUT2D eigenvalue weighted by Crippen LogP contribution is 2.51. The number of carbonyl (C=O) groups is 2. The van der Waals surface area contributed by atoms with Crippen molar-refractivity contribution < 1.29 is 20.1 Å². The van der Waals surface area contributed by atoms with Crippen molar-refractivity contribution in [2.24, 2.45) is 11.7 Å². The second-order valence-electron chi connectivity index (χ2n) is 11.9. The van der Waals surface area contributed by atoms with Gasteiger partial charge in [-0.15, -0.1) is 23.5 Å². The van der Waals surface area contributed by atoms with Crippen LogP contribution in [-0.2, 0) is 14.3 Å². The minimum Gasteiger partial charge on any atom is -0.378 e. The van der Waals surface area contributed by atoms with E-state index in [-0.39, 0.29) is 41.2 Å². The van der Waals surface area contributed by atoms with Crippen LogP contribution in [-0.4, -0.2) is 107 Å². The van der Waals surface area contributed by atoms with E-state index in [2.05, 4.69) is 31.3 Å². The number of amides is 1. The highest BCUT2D eigenvalue weighted by atomic mass is 32.2. The minimum atomic E-state index is -0.380. The molecule has 10 nitrogen and oxygen atoms in total. The Morgan fingerprint density at radius 1 is 1.15 bits per heavy atom. The molecule has 5 aliphatic heterocycles. The zero-order valence-corrected chi connectivity index (χ0v) is 25.0. The molecule has 6 rings (SSSR count). The number of fused-ring (bicyclic) bond motifs is 1. The molecule has 0 radical (unpaired) electrons. The highest BCUT2D eigenvalue weighted by Gasteiger charge is 2.49. The molecule has 0 spiro atoms. The third-order valence-electron chi connectivity index (χ3n) is 9.23. The van der Waals surface area contributed by atoms with E-state index in [1.807, 2.05) is 29.6 Å². The molecule has 39 heavy (non-hydrogen) atoms. The summed E-state index contributed by atoms with van der Waals surface area (Å²) in [6, 6.07) is 0.765. The monoisotopic (exact) mass is 598 g/mol. The van der Waals surface area contributed by atoms with E-state index in [1.54, 1.807) is 11.9 Å². The Bertz CT molecular complexity index is 938. The number of nitrogens with two attached hydrogens (primary N) is 1. The number of primary amides is 1. The van der Waals surface area contributed by atoms with Crippen LogP contribution in [0.25, 0.3) is 0 Å². The normalized spacial score (nSPS) is 43.3. The predicted octanol–water partition coefficient (Wildman–Crippen LogP) is -0.771. The number of hydrogen-bond donors (Lipinski definition) is 6.